The van der Waals surface area contributed by atoms with Crippen LogP contribution in [0, 0.1) is 0 Å². The molecule has 0 saturated carbocycles. The van der Waals surface area contributed by atoms with Gasteiger partial charge in [0.15, 0.2) is 0 Å². The molecule has 0 heteroatoms. The molecule has 6 aromatic carbocycles. The van der Waals surface area contributed by atoms with Crippen molar-refractivity contribution in [2.45, 2.75) is 5.41 Å². The normalized spacial score (nSPS) is 14.3. The average Bonchev–Trinajstić information content (AvgIpc) is 3.36. The first-order chi connectivity index (χ1) is 16.4. The van der Waals surface area contributed by atoms with Gasteiger partial charge in [-0.3, -0.25) is 0 Å². The zero-order valence-electron chi connectivity index (χ0n) is 18.0. The van der Waals surface area contributed by atoms with Gasteiger partial charge in [0.05, 0.1) is 5.41 Å². The first-order valence-electron chi connectivity index (χ1n) is 11.6. The summed E-state index contributed by atoms with van der Waals surface area (Å²) in [7, 11) is 0. The van der Waals surface area contributed by atoms with E-state index in [9.17, 15) is 0 Å². The molecule has 0 heterocycles. The summed E-state index contributed by atoms with van der Waals surface area (Å²) in [6.07, 6.45) is 0. The topological polar surface area (TPSA) is 0 Å². The van der Waals surface area contributed by atoms with E-state index in [-0.39, 0.29) is 5.41 Å². The van der Waals surface area contributed by atoms with E-state index in [2.05, 4.69) is 121 Å². The van der Waals surface area contributed by atoms with Gasteiger partial charge in [0.2, 0.25) is 0 Å². The molecule has 0 saturated heterocycles. The van der Waals surface area contributed by atoms with E-state index in [0.29, 0.717) is 0 Å². The van der Waals surface area contributed by atoms with Crippen LogP contribution in [0.25, 0.3) is 43.8 Å². The molecule has 2 aliphatic carbocycles. The Bertz CT molecular complexity index is 1720. The molecule has 0 nitrogen and oxygen atoms in total. The molecule has 0 amide bonds. The Hall–Kier alpha value is -4.16. The molecule has 0 aromatic heterocycles. The van der Waals surface area contributed by atoms with E-state index in [1.54, 1.807) is 0 Å². The summed E-state index contributed by atoms with van der Waals surface area (Å²) in [4.78, 5) is 0. The maximum atomic E-state index is 2.39. The van der Waals surface area contributed by atoms with Gasteiger partial charge in [0.25, 0.3) is 0 Å². The summed E-state index contributed by atoms with van der Waals surface area (Å²) < 4.78 is 0. The monoisotopic (exact) mass is 416 g/mol. The SMILES string of the molecule is c1ccc2c(c1)-c1ccccc1C21c2ccccc2-c2c1ccc1ccc3ccccc3c21. The van der Waals surface area contributed by atoms with E-state index in [1.165, 1.54) is 66.1 Å². The maximum absolute atomic E-state index is 2.39. The molecule has 8 rings (SSSR count). The third-order valence-electron chi connectivity index (χ3n) is 7.87. The molecule has 1 spiro atoms. The first-order valence-corrected chi connectivity index (χ1v) is 11.6. The average molecular weight is 417 g/mol. The summed E-state index contributed by atoms with van der Waals surface area (Å²) in [6, 6.07) is 45.1. The molecule has 0 aliphatic heterocycles. The molecule has 0 bridgehead atoms. The van der Waals surface area contributed by atoms with Crippen molar-refractivity contribution in [1.29, 1.82) is 0 Å². The molecular formula is C33H20. The Morgan fingerprint density at radius 1 is 0.364 bits per heavy atom. The Kier molecular flexibility index (Phi) is 3.16. The van der Waals surface area contributed by atoms with Gasteiger partial charge in [0, 0.05) is 0 Å². The lowest BCUT2D eigenvalue weighted by Gasteiger charge is -2.30. The van der Waals surface area contributed by atoms with Crippen molar-refractivity contribution in [3.63, 3.8) is 0 Å². The van der Waals surface area contributed by atoms with Crippen LogP contribution in [-0.2, 0) is 5.41 Å². The summed E-state index contributed by atoms with van der Waals surface area (Å²) in [5.74, 6) is 0. The van der Waals surface area contributed by atoms with E-state index in [4.69, 9.17) is 0 Å². The van der Waals surface area contributed by atoms with Gasteiger partial charge in [-0.25, -0.2) is 0 Å². The molecule has 0 radical (unpaired) electrons. The lowest BCUT2D eigenvalue weighted by molar-refractivity contribution is 0.794. The zero-order chi connectivity index (χ0) is 21.6. The van der Waals surface area contributed by atoms with Crippen molar-refractivity contribution in [2.75, 3.05) is 0 Å². The predicted molar refractivity (Wildman–Crippen MR) is 138 cm³/mol. The van der Waals surface area contributed by atoms with Crippen LogP contribution in [0.3, 0.4) is 0 Å². The van der Waals surface area contributed by atoms with Crippen molar-refractivity contribution in [3.05, 3.63) is 144 Å². The van der Waals surface area contributed by atoms with Gasteiger partial charge in [-0.1, -0.05) is 121 Å². The molecule has 0 fully saturated rings. The van der Waals surface area contributed by atoms with Crippen molar-refractivity contribution in [1.82, 2.24) is 0 Å². The standard InChI is InChI=1S/C33H20/c1-2-10-23-21(9-1)17-18-22-19-20-30-32(31(22)23)26-13-5-8-16-29(26)33(30)27-14-6-3-11-24(27)25-12-4-7-15-28(25)33/h1-20H. The molecular weight excluding hydrogens is 396 g/mol. The fraction of sp³-hybridized carbons (Fsp3) is 0.0303. The second kappa shape index (κ2) is 5.99. The number of fused-ring (bicyclic) bond motifs is 14. The van der Waals surface area contributed by atoms with E-state index in [1.807, 2.05) is 0 Å². The van der Waals surface area contributed by atoms with Crippen LogP contribution >= 0.6 is 0 Å². The molecule has 2 aliphatic rings. The molecule has 6 aromatic rings. The van der Waals surface area contributed by atoms with Crippen molar-refractivity contribution >= 4 is 21.5 Å². The lowest BCUT2D eigenvalue weighted by Crippen LogP contribution is -2.25. The largest absolute Gasteiger partial charge is 0.0725 e. The zero-order valence-corrected chi connectivity index (χ0v) is 18.0. The summed E-state index contributed by atoms with van der Waals surface area (Å²) in [5.41, 5.74) is 10.8. The second-order valence-corrected chi connectivity index (χ2v) is 9.26. The highest BCUT2D eigenvalue weighted by molar-refractivity contribution is 6.17. The van der Waals surface area contributed by atoms with Crippen molar-refractivity contribution in [2.24, 2.45) is 0 Å². The van der Waals surface area contributed by atoms with E-state index in [0.717, 1.165) is 0 Å². The molecule has 0 unspecified atom stereocenters. The van der Waals surface area contributed by atoms with Gasteiger partial charge < -0.3 is 0 Å². The van der Waals surface area contributed by atoms with Gasteiger partial charge >= 0.3 is 0 Å². The molecule has 33 heavy (non-hydrogen) atoms. The van der Waals surface area contributed by atoms with Crippen LogP contribution < -0.4 is 0 Å². The minimum atomic E-state index is -0.274. The highest BCUT2D eigenvalue weighted by atomic mass is 14.5. The van der Waals surface area contributed by atoms with Gasteiger partial charge in [-0.05, 0) is 66.1 Å². The lowest BCUT2D eigenvalue weighted by atomic mass is 9.70. The Balaban J connectivity index is 1.65. The molecule has 0 N–H and O–H groups in total. The number of benzene rings is 6. The Morgan fingerprint density at radius 3 is 1.61 bits per heavy atom. The summed E-state index contributed by atoms with van der Waals surface area (Å²) >= 11 is 0. The summed E-state index contributed by atoms with van der Waals surface area (Å²) in [6.45, 7) is 0. The number of rotatable bonds is 0. The third kappa shape index (κ3) is 1.94. The quantitative estimate of drug-likeness (QED) is 0.218. The van der Waals surface area contributed by atoms with Crippen molar-refractivity contribution in [3.8, 4) is 22.3 Å². The maximum Gasteiger partial charge on any atom is 0.0725 e. The Labute approximate surface area is 192 Å². The molecule has 152 valence electrons. The summed E-state index contributed by atoms with van der Waals surface area (Å²) in [5, 5.41) is 5.30. The highest BCUT2D eigenvalue weighted by Crippen LogP contribution is 2.63. The minimum absolute atomic E-state index is 0.274. The molecule has 0 atom stereocenters. The van der Waals surface area contributed by atoms with Gasteiger partial charge in [-0.2, -0.15) is 0 Å². The van der Waals surface area contributed by atoms with E-state index < -0.39 is 0 Å². The smallest absolute Gasteiger partial charge is 0.0619 e. The van der Waals surface area contributed by atoms with Crippen LogP contribution in [-0.4, -0.2) is 0 Å². The van der Waals surface area contributed by atoms with E-state index >= 15 is 0 Å². The minimum Gasteiger partial charge on any atom is -0.0619 e. The van der Waals surface area contributed by atoms with Crippen molar-refractivity contribution < 1.29 is 0 Å². The highest BCUT2D eigenvalue weighted by Gasteiger charge is 2.51. The van der Waals surface area contributed by atoms with Crippen LogP contribution in [0.15, 0.2) is 121 Å². The predicted octanol–water partition coefficient (Wildman–Crippen LogP) is 8.34. The van der Waals surface area contributed by atoms with Crippen LogP contribution in [0.1, 0.15) is 22.3 Å². The second-order valence-electron chi connectivity index (χ2n) is 9.26. The Morgan fingerprint density at radius 2 is 0.879 bits per heavy atom. The van der Waals surface area contributed by atoms with Gasteiger partial charge in [0.1, 0.15) is 0 Å². The number of hydrogen-bond acceptors (Lipinski definition) is 0. The van der Waals surface area contributed by atoms with Gasteiger partial charge in [-0.15, -0.1) is 0 Å². The fourth-order valence-corrected chi connectivity index (χ4v) is 6.68. The van der Waals surface area contributed by atoms with Crippen LogP contribution in [0.5, 0.6) is 0 Å². The number of hydrogen-bond donors (Lipinski definition) is 0. The first kappa shape index (κ1) is 17.4. The van der Waals surface area contributed by atoms with Crippen LogP contribution in [0.4, 0.5) is 0 Å². The third-order valence-corrected chi connectivity index (χ3v) is 7.87. The van der Waals surface area contributed by atoms with Crippen LogP contribution in [0.2, 0.25) is 0 Å². The fourth-order valence-electron chi connectivity index (χ4n) is 6.68.